The van der Waals surface area contributed by atoms with Crippen molar-refractivity contribution >= 4 is 18.1 Å². The van der Waals surface area contributed by atoms with Crippen molar-refractivity contribution in [3.05, 3.63) is 29.8 Å². The van der Waals surface area contributed by atoms with Crippen molar-refractivity contribution in [1.82, 2.24) is 5.32 Å². The lowest BCUT2D eigenvalue weighted by Gasteiger charge is -2.23. The van der Waals surface area contributed by atoms with Crippen molar-refractivity contribution in [1.29, 1.82) is 0 Å². The minimum absolute atomic E-state index is 0. The molecule has 1 heterocycles. The molecule has 2 rings (SSSR count). The number of rotatable bonds is 1. The van der Waals surface area contributed by atoms with Crippen LogP contribution in [-0.4, -0.2) is 19.7 Å². The SMILES string of the molecule is Cl.Nc1ccc([C@@H]2CNCCO2)cc1. The van der Waals surface area contributed by atoms with Crippen molar-refractivity contribution in [2.45, 2.75) is 6.10 Å². The maximum Gasteiger partial charge on any atom is 0.0949 e. The molecule has 78 valence electrons. The first kappa shape index (κ1) is 11.3. The first-order chi connectivity index (χ1) is 6.36. The van der Waals surface area contributed by atoms with Gasteiger partial charge in [0.2, 0.25) is 0 Å². The van der Waals surface area contributed by atoms with E-state index in [-0.39, 0.29) is 18.5 Å². The summed E-state index contributed by atoms with van der Waals surface area (Å²) in [5, 5.41) is 3.29. The fourth-order valence-electron chi connectivity index (χ4n) is 1.49. The van der Waals surface area contributed by atoms with Crippen molar-refractivity contribution in [3.8, 4) is 0 Å². The zero-order valence-electron chi connectivity index (χ0n) is 7.90. The van der Waals surface area contributed by atoms with E-state index in [1.165, 1.54) is 5.56 Å². The predicted molar refractivity (Wildman–Crippen MR) is 59.7 cm³/mol. The van der Waals surface area contributed by atoms with Gasteiger partial charge in [0.05, 0.1) is 12.7 Å². The van der Waals surface area contributed by atoms with Crippen LogP contribution in [0.25, 0.3) is 0 Å². The summed E-state index contributed by atoms with van der Waals surface area (Å²) in [7, 11) is 0. The Balaban J connectivity index is 0.000000980. The van der Waals surface area contributed by atoms with Crippen LogP contribution in [0.1, 0.15) is 11.7 Å². The van der Waals surface area contributed by atoms with E-state index in [4.69, 9.17) is 10.5 Å². The molecule has 1 aliphatic rings. The second-order valence-corrected chi connectivity index (χ2v) is 3.23. The Labute approximate surface area is 90.0 Å². The van der Waals surface area contributed by atoms with Gasteiger partial charge in [0.15, 0.2) is 0 Å². The normalized spacial score (nSPS) is 21.3. The number of hydrogen-bond acceptors (Lipinski definition) is 3. The fourth-order valence-corrected chi connectivity index (χ4v) is 1.49. The van der Waals surface area contributed by atoms with Gasteiger partial charge in [0.25, 0.3) is 0 Å². The largest absolute Gasteiger partial charge is 0.399 e. The average Bonchev–Trinajstić information content (AvgIpc) is 2.20. The molecular formula is C10H15ClN2O. The number of morpholine rings is 1. The molecule has 1 saturated heterocycles. The fraction of sp³-hybridized carbons (Fsp3) is 0.400. The van der Waals surface area contributed by atoms with E-state index in [9.17, 15) is 0 Å². The number of nitrogens with one attached hydrogen (secondary N) is 1. The quantitative estimate of drug-likeness (QED) is 0.694. The number of hydrogen-bond donors (Lipinski definition) is 2. The second kappa shape index (κ2) is 5.20. The van der Waals surface area contributed by atoms with Gasteiger partial charge >= 0.3 is 0 Å². The molecule has 0 aromatic heterocycles. The summed E-state index contributed by atoms with van der Waals surface area (Å²) in [5.41, 5.74) is 7.59. The molecule has 1 aromatic rings. The van der Waals surface area contributed by atoms with Gasteiger partial charge < -0.3 is 15.8 Å². The standard InChI is InChI=1S/C10H14N2O.ClH/c11-9-3-1-8(2-4-9)10-7-12-5-6-13-10;/h1-4,10,12H,5-7,11H2;1H/t10-;/m0./s1. The van der Waals surface area contributed by atoms with E-state index in [0.717, 1.165) is 25.4 Å². The highest BCUT2D eigenvalue weighted by Gasteiger charge is 2.14. The molecule has 14 heavy (non-hydrogen) atoms. The van der Waals surface area contributed by atoms with Gasteiger partial charge in [-0.3, -0.25) is 0 Å². The van der Waals surface area contributed by atoms with Crippen LogP contribution in [0.5, 0.6) is 0 Å². The van der Waals surface area contributed by atoms with Crippen LogP contribution in [0.4, 0.5) is 5.69 Å². The second-order valence-electron chi connectivity index (χ2n) is 3.23. The lowest BCUT2D eigenvalue weighted by molar-refractivity contribution is 0.0277. The highest BCUT2D eigenvalue weighted by molar-refractivity contribution is 5.85. The van der Waals surface area contributed by atoms with Crippen LogP contribution in [0.15, 0.2) is 24.3 Å². The predicted octanol–water partition coefficient (Wildman–Crippen LogP) is 1.35. The van der Waals surface area contributed by atoms with Crippen molar-refractivity contribution in [2.24, 2.45) is 0 Å². The number of nitrogen functional groups attached to an aromatic ring is 1. The number of halogens is 1. The lowest BCUT2D eigenvalue weighted by atomic mass is 10.1. The third kappa shape index (κ3) is 2.61. The first-order valence-electron chi connectivity index (χ1n) is 4.54. The van der Waals surface area contributed by atoms with Crippen LogP contribution in [0.2, 0.25) is 0 Å². The molecule has 0 spiro atoms. The third-order valence-corrected chi connectivity index (χ3v) is 2.24. The van der Waals surface area contributed by atoms with E-state index < -0.39 is 0 Å². The van der Waals surface area contributed by atoms with Crippen LogP contribution in [0, 0.1) is 0 Å². The molecule has 3 N–H and O–H groups in total. The molecule has 0 saturated carbocycles. The minimum atomic E-state index is 0. The van der Waals surface area contributed by atoms with Gasteiger partial charge in [0.1, 0.15) is 0 Å². The third-order valence-electron chi connectivity index (χ3n) is 2.24. The summed E-state index contributed by atoms with van der Waals surface area (Å²) in [6.45, 7) is 2.63. The van der Waals surface area contributed by atoms with E-state index >= 15 is 0 Å². The molecule has 0 amide bonds. The summed E-state index contributed by atoms with van der Waals surface area (Å²) in [4.78, 5) is 0. The monoisotopic (exact) mass is 214 g/mol. The lowest BCUT2D eigenvalue weighted by Crippen LogP contribution is -2.33. The van der Waals surface area contributed by atoms with Crippen LogP contribution < -0.4 is 11.1 Å². The molecule has 0 bridgehead atoms. The molecule has 1 atom stereocenters. The van der Waals surface area contributed by atoms with Gasteiger partial charge in [-0.25, -0.2) is 0 Å². The van der Waals surface area contributed by atoms with Crippen molar-refractivity contribution < 1.29 is 4.74 Å². The van der Waals surface area contributed by atoms with Crippen molar-refractivity contribution in [2.75, 3.05) is 25.4 Å². The summed E-state index contributed by atoms with van der Waals surface area (Å²) in [6, 6.07) is 7.86. The molecule has 0 aliphatic carbocycles. The molecule has 1 aromatic carbocycles. The molecule has 4 heteroatoms. The topological polar surface area (TPSA) is 47.3 Å². The Kier molecular flexibility index (Phi) is 4.20. The first-order valence-corrected chi connectivity index (χ1v) is 4.54. The zero-order chi connectivity index (χ0) is 9.10. The number of anilines is 1. The van der Waals surface area contributed by atoms with Gasteiger partial charge in [-0.05, 0) is 17.7 Å². The Bertz CT molecular complexity index is 270. The average molecular weight is 215 g/mol. The van der Waals surface area contributed by atoms with E-state index in [1.807, 2.05) is 24.3 Å². The van der Waals surface area contributed by atoms with E-state index in [0.29, 0.717) is 0 Å². The molecule has 1 aliphatic heterocycles. The molecule has 0 unspecified atom stereocenters. The molecule has 3 nitrogen and oxygen atoms in total. The minimum Gasteiger partial charge on any atom is -0.399 e. The maximum absolute atomic E-state index is 5.60. The van der Waals surface area contributed by atoms with Crippen LogP contribution >= 0.6 is 12.4 Å². The molecular weight excluding hydrogens is 200 g/mol. The highest BCUT2D eigenvalue weighted by Crippen LogP contribution is 2.19. The maximum atomic E-state index is 5.60. The van der Waals surface area contributed by atoms with Gasteiger partial charge in [0, 0.05) is 18.8 Å². The van der Waals surface area contributed by atoms with E-state index in [2.05, 4.69) is 5.32 Å². The van der Waals surface area contributed by atoms with Crippen LogP contribution in [0.3, 0.4) is 0 Å². The Hall–Kier alpha value is -0.770. The van der Waals surface area contributed by atoms with E-state index in [1.54, 1.807) is 0 Å². The summed E-state index contributed by atoms with van der Waals surface area (Å²) in [6.07, 6.45) is 0.189. The summed E-state index contributed by atoms with van der Waals surface area (Å²) < 4.78 is 5.60. The molecule has 0 radical (unpaired) electrons. The van der Waals surface area contributed by atoms with Gasteiger partial charge in [-0.1, -0.05) is 12.1 Å². The smallest absolute Gasteiger partial charge is 0.0949 e. The Morgan fingerprint density at radius 1 is 1.29 bits per heavy atom. The molecule has 1 fully saturated rings. The van der Waals surface area contributed by atoms with Gasteiger partial charge in [-0.15, -0.1) is 12.4 Å². The number of ether oxygens (including phenoxy) is 1. The highest BCUT2D eigenvalue weighted by atomic mass is 35.5. The van der Waals surface area contributed by atoms with Crippen molar-refractivity contribution in [3.63, 3.8) is 0 Å². The number of benzene rings is 1. The summed E-state index contributed by atoms with van der Waals surface area (Å²) in [5.74, 6) is 0. The Morgan fingerprint density at radius 2 is 2.00 bits per heavy atom. The van der Waals surface area contributed by atoms with Gasteiger partial charge in [-0.2, -0.15) is 0 Å². The number of nitrogens with two attached hydrogens (primary N) is 1. The Morgan fingerprint density at radius 3 is 2.57 bits per heavy atom. The summed E-state index contributed by atoms with van der Waals surface area (Å²) >= 11 is 0. The zero-order valence-corrected chi connectivity index (χ0v) is 8.72. The van der Waals surface area contributed by atoms with Crippen LogP contribution in [-0.2, 0) is 4.74 Å².